The lowest BCUT2D eigenvalue weighted by Crippen LogP contribution is -2.22. The topological polar surface area (TPSA) is 76.3 Å². The summed E-state index contributed by atoms with van der Waals surface area (Å²) < 4.78 is 52.9. The van der Waals surface area contributed by atoms with Crippen molar-refractivity contribution < 1.29 is 27.4 Å². The van der Waals surface area contributed by atoms with Crippen molar-refractivity contribution in [2.75, 3.05) is 11.9 Å². The molecule has 2 aromatic carbocycles. The van der Waals surface area contributed by atoms with Gasteiger partial charge in [0, 0.05) is 23.1 Å². The van der Waals surface area contributed by atoms with Gasteiger partial charge in [0.1, 0.15) is 30.3 Å². The molecule has 188 valence electrons. The Kier molecular flexibility index (Phi) is 6.52. The van der Waals surface area contributed by atoms with Crippen molar-refractivity contribution in [2.45, 2.75) is 57.6 Å². The predicted octanol–water partition coefficient (Wildman–Crippen LogP) is 7.03. The molecule has 9 heteroatoms. The average molecular weight is 498 g/mol. The number of nitriles is 1. The molecule has 2 fully saturated rings. The lowest BCUT2D eigenvalue weighted by Gasteiger charge is -2.30. The summed E-state index contributed by atoms with van der Waals surface area (Å²) in [6.45, 7) is 1.10. The molecule has 3 aromatic rings. The summed E-state index contributed by atoms with van der Waals surface area (Å²) in [6, 6.07) is 11.6. The van der Waals surface area contributed by atoms with Gasteiger partial charge >= 0.3 is 6.09 Å². The summed E-state index contributed by atoms with van der Waals surface area (Å²) in [7, 11) is 0. The van der Waals surface area contributed by atoms with Gasteiger partial charge in [-0.05, 0) is 69.2 Å². The summed E-state index contributed by atoms with van der Waals surface area (Å²) in [4.78, 5) is 12.2. The zero-order valence-corrected chi connectivity index (χ0v) is 19.8. The van der Waals surface area contributed by atoms with Crippen LogP contribution in [0.15, 0.2) is 36.4 Å². The zero-order valence-electron chi connectivity index (χ0n) is 19.8. The molecule has 0 radical (unpaired) electrons. The molecule has 0 spiro atoms. The number of fused-ring (bicyclic) bond motifs is 1. The molecule has 2 aliphatic rings. The van der Waals surface area contributed by atoms with Crippen LogP contribution in [0.2, 0.25) is 0 Å². The first kappa shape index (κ1) is 24.0. The van der Waals surface area contributed by atoms with E-state index in [0.29, 0.717) is 33.6 Å². The number of nitrogens with one attached hydrogen (secondary N) is 1. The Balaban J connectivity index is 1.50. The Morgan fingerprint density at radius 3 is 2.58 bits per heavy atom. The van der Waals surface area contributed by atoms with Crippen molar-refractivity contribution in [3.05, 3.63) is 47.8 Å². The summed E-state index contributed by atoms with van der Waals surface area (Å²) in [6.07, 6.45) is 1.30. The molecule has 6 nitrogen and oxygen atoms in total. The number of hydrogen-bond donors (Lipinski definition) is 1. The number of amides is 1. The van der Waals surface area contributed by atoms with E-state index in [0.717, 1.165) is 32.1 Å². The number of nitrogens with zero attached hydrogens (tertiary/aromatic N) is 2. The monoisotopic (exact) mass is 497 g/mol. The van der Waals surface area contributed by atoms with Crippen molar-refractivity contribution in [1.29, 1.82) is 5.26 Å². The van der Waals surface area contributed by atoms with Gasteiger partial charge in [-0.3, -0.25) is 5.32 Å². The average Bonchev–Trinajstić information content (AvgIpc) is 3.61. The van der Waals surface area contributed by atoms with Gasteiger partial charge in [0.15, 0.2) is 0 Å². The summed E-state index contributed by atoms with van der Waals surface area (Å²) in [5.41, 5.74) is 2.07. The fraction of sp³-hybridized carbons (Fsp3) is 0.407. The quantitative estimate of drug-likeness (QED) is 0.362. The lowest BCUT2D eigenvalue weighted by atomic mass is 9.92. The Morgan fingerprint density at radius 2 is 1.97 bits per heavy atom. The molecule has 2 aliphatic carbocycles. The van der Waals surface area contributed by atoms with Crippen molar-refractivity contribution >= 4 is 22.7 Å². The van der Waals surface area contributed by atoms with Gasteiger partial charge in [-0.15, -0.1) is 0 Å². The molecule has 1 N–H and O–H groups in total. The standard InChI is InChI=1S/C27H26F3N3O3/c1-15(16-5-6-16)36-27(34)32-23-10-7-17(11-22(23)28)26-21(13-31)20-9-8-19(35-14-25(29)30)12-24(20)33(26)18-3-2-4-18/h7-12,15-16,18,25H,2-6,14H2,1H3,(H,32,34). The summed E-state index contributed by atoms with van der Waals surface area (Å²) >= 11 is 0. The molecule has 36 heavy (non-hydrogen) atoms. The van der Waals surface area contributed by atoms with Gasteiger partial charge in [0.25, 0.3) is 6.43 Å². The van der Waals surface area contributed by atoms with Crippen LogP contribution in [0.5, 0.6) is 5.75 Å². The highest BCUT2D eigenvalue weighted by Crippen LogP contribution is 2.43. The minimum atomic E-state index is -2.60. The molecule has 0 aliphatic heterocycles. The van der Waals surface area contributed by atoms with Gasteiger partial charge in [-0.25, -0.2) is 18.0 Å². The van der Waals surface area contributed by atoms with Crippen LogP contribution in [-0.4, -0.2) is 29.8 Å². The van der Waals surface area contributed by atoms with E-state index < -0.39 is 24.9 Å². The number of carbonyl (C=O) groups is 1. The van der Waals surface area contributed by atoms with E-state index in [2.05, 4.69) is 11.4 Å². The number of halogens is 3. The first-order valence-electron chi connectivity index (χ1n) is 12.1. The second-order valence-corrected chi connectivity index (χ2v) is 9.44. The number of carbonyl (C=O) groups excluding carboxylic acids is 1. The largest absolute Gasteiger partial charge is 0.488 e. The number of aromatic nitrogens is 1. The van der Waals surface area contributed by atoms with E-state index in [4.69, 9.17) is 9.47 Å². The summed E-state index contributed by atoms with van der Waals surface area (Å²) in [5, 5.41) is 13.1. The maximum atomic E-state index is 15.1. The Labute approximate surface area is 206 Å². The second-order valence-electron chi connectivity index (χ2n) is 9.44. The first-order chi connectivity index (χ1) is 17.4. The molecule has 1 amide bonds. The smallest absolute Gasteiger partial charge is 0.411 e. The number of rotatable bonds is 8. The lowest BCUT2D eigenvalue weighted by molar-refractivity contribution is 0.0819. The Hall–Kier alpha value is -3.67. The molecule has 0 bridgehead atoms. The molecule has 2 saturated carbocycles. The highest BCUT2D eigenvalue weighted by molar-refractivity contribution is 5.96. The SMILES string of the molecule is CC(OC(=O)Nc1ccc(-c2c(C#N)c3ccc(OCC(F)F)cc3n2C2CCC2)cc1F)C1CC1. The van der Waals surface area contributed by atoms with Gasteiger partial charge < -0.3 is 14.0 Å². The minimum Gasteiger partial charge on any atom is -0.488 e. The van der Waals surface area contributed by atoms with Crippen molar-refractivity contribution in [1.82, 2.24) is 4.57 Å². The van der Waals surface area contributed by atoms with Crippen LogP contribution in [-0.2, 0) is 4.74 Å². The number of benzene rings is 2. The second kappa shape index (κ2) is 9.76. The van der Waals surface area contributed by atoms with Crippen molar-refractivity contribution in [2.24, 2.45) is 5.92 Å². The zero-order chi connectivity index (χ0) is 25.4. The van der Waals surface area contributed by atoms with Gasteiger partial charge in [0.05, 0.1) is 22.5 Å². The molecule has 0 saturated heterocycles. The fourth-order valence-corrected chi connectivity index (χ4v) is 4.69. The van der Waals surface area contributed by atoms with E-state index >= 15 is 4.39 Å². The van der Waals surface area contributed by atoms with Crippen molar-refractivity contribution in [3.8, 4) is 23.1 Å². The van der Waals surface area contributed by atoms with Gasteiger partial charge in [-0.1, -0.05) is 6.07 Å². The normalized spacial score (nSPS) is 16.4. The molecule has 5 rings (SSSR count). The van der Waals surface area contributed by atoms with Crippen LogP contribution in [0.4, 0.5) is 23.7 Å². The highest BCUT2D eigenvalue weighted by atomic mass is 19.3. The molecular weight excluding hydrogens is 471 g/mol. The molecule has 1 unspecified atom stereocenters. The van der Waals surface area contributed by atoms with E-state index in [9.17, 15) is 18.8 Å². The Morgan fingerprint density at radius 1 is 1.19 bits per heavy atom. The van der Waals surface area contributed by atoms with Crippen LogP contribution < -0.4 is 10.1 Å². The third kappa shape index (κ3) is 4.72. The number of ether oxygens (including phenoxy) is 2. The molecule has 1 heterocycles. The predicted molar refractivity (Wildman–Crippen MR) is 129 cm³/mol. The van der Waals surface area contributed by atoms with E-state index in [1.54, 1.807) is 24.3 Å². The summed E-state index contributed by atoms with van der Waals surface area (Å²) in [5.74, 6) is -0.0116. The third-order valence-electron chi connectivity index (χ3n) is 6.96. The highest BCUT2D eigenvalue weighted by Gasteiger charge is 2.31. The van der Waals surface area contributed by atoms with Crippen molar-refractivity contribution in [3.63, 3.8) is 0 Å². The minimum absolute atomic E-state index is 0.0146. The first-order valence-corrected chi connectivity index (χ1v) is 12.1. The number of hydrogen-bond acceptors (Lipinski definition) is 4. The Bertz CT molecular complexity index is 1340. The number of alkyl halides is 2. The fourth-order valence-electron chi connectivity index (χ4n) is 4.69. The maximum Gasteiger partial charge on any atom is 0.411 e. The molecule has 1 atom stereocenters. The van der Waals surface area contributed by atoms with Crippen LogP contribution >= 0.6 is 0 Å². The van der Waals surface area contributed by atoms with Crippen LogP contribution in [0.3, 0.4) is 0 Å². The molecule has 1 aromatic heterocycles. The van der Waals surface area contributed by atoms with Crippen LogP contribution in [0.1, 0.15) is 50.6 Å². The van der Waals surface area contributed by atoms with Crippen LogP contribution in [0, 0.1) is 23.1 Å². The number of anilines is 1. The van der Waals surface area contributed by atoms with Crippen LogP contribution in [0.25, 0.3) is 22.2 Å². The maximum absolute atomic E-state index is 15.1. The molecular formula is C27H26F3N3O3. The third-order valence-corrected chi connectivity index (χ3v) is 6.96. The van der Waals surface area contributed by atoms with E-state index in [1.807, 2.05) is 11.5 Å². The van der Waals surface area contributed by atoms with Gasteiger partial charge in [-0.2, -0.15) is 5.26 Å². The van der Waals surface area contributed by atoms with E-state index in [1.165, 1.54) is 12.1 Å². The van der Waals surface area contributed by atoms with E-state index in [-0.39, 0.29) is 23.6 Å². The van der Waals surface area contributed by atoms with Gasteiger partial charge in [0.2, 0.25) is 0 Å².